The summed E-state index contributed by atoms with van der Waals surface area (Å²) in [6.45, 7) is 0. The number of aromatic nitrogens is 3. The molecule has 3 aromatic carbocycles. The third-order valence-electron chi connectivity index (χ3n) is 5.82. The lowest BCUT2D eigenvalue weighted by molar-refractivity contribution is -0.739. The van der Waals surface area contributed by atoms with Crippen LogP contribution in [0.2, 0.25) is 0 Å². The molecule has 0 saturated heterocycles. The molecule has 0 radical (unpaired) electrons. The van der Waals surface area contributed by atoms with Gasteiger partial charge in [-0.25, -0.2) is 9.98 Å². The van der Waals surface area contributed by atoms with Crippen molar-refractivity contribution in [2.75, 3.05) is 5.73 Å². The summed E-state index contributed by atoms with van der Waals surface area (Å²) in [6, 6.07) is 26.4. The van der Waals surface area contributed by atoms with Crippen LogP contribution in [0.4, 0.5) is 11.6 Å². The molecule has 3 heterocycles. The fourth-order valence-corrected chi connectivity index (χ4v) is 5.23. The van der Waals surface area contributed by atoms with E-state index in [1.165, 1.54) is 22.2 Å². The summed E-state index contributed by atoms with van der Waals surface area (Å²) in [6.07, 6.45) is 1.52. The molecule has 6 aromatic rings. The molecule has 0 bridgehead atoms. The Morgan fingerprint density at radius 2 is 1.77 bits per heavy atom. The molecule has 35 heavy (non-hydrogen) atoms. The summed E-state index contributed by atoms with van der Waals surface area (Å²) in [5, 5.41) is 19.7. The number of nitrogens with two attached hydrogens (primary N) is 1. The Balaban J connectivity index is 1.61. The highest BCUT2D eigenvalue weighted by Crippen LogP contribution is 2.42. The largest absolute Gasteiger partial charge is 0.857 e. The minimum atomic E-state index is -0.493. The number of fused-ring (bicyclic) bond motifs is 2. The zero-order valence-electron chi connectivity index (χ0n) is 18.7. The fourth-order valence-electron chi connectivity index (χ4n) is 4.23. The number of benzene rings is 3. The second-order valence-corrected chi connectivity index (χ2v) is 9.10. The average Bonchev–Trinajstić information content (AvgIpc) is 3.45. The third-order valence-corrected chi connectivity index (χ3v) is 6.90. The first-order chi connectivity index (χ1) is 17.1. The second-order valence-electron chi connectivity index (χ2n) is 8.10. The van der Waals surface area contributed by atoms with Crippen molar-refractivity contribution in [2.45, 2.75) is 0 Å². The quantitative estimate of drug-likeness (QED) is 0.227. The number of anilines is 1. The van der Waals surface area contributed by atoms with Crippen LogP contribution in [0, 0.1) is 0 Å². The molecular formula is C27H19N5O2S. The Bertz CT molecular complexity index is 1730. The molecule has 0 aliphatic carbocycles. The van der Waals surface area contributed by atoms with Crippen LogP contribution in [-0.4, -0.2) is 16.2 Å². The number of aliphatic imine (C=N–C) groups is 1. The van der Waals surface area contributed by atoms with E-state index in [2.05, 4.69) is 34.5 Å². The van der Waals surface area contributed by atoms with Crippen LogP contribution >= 0.6 is 11.3 Å². The summed E-state index contributed by atoms with van der Waals surface area (Å²) < 4.78 is 6.49. The number of aryl methyl sites for hydroxylation is 1. The van der Waals surface area contributed by atoms with E-state index >= 15 is 0 Å². The predicted octanol–water partition coefficient (Wildman–Crippen LogP) is 4.62. The summed E-state index contributed by atoms with van der Waals surface area (Å²) in [4.78, 5) is 10.00. The molecule has 0 aliphatic heterocycles. The lowest BCUT2D eigenvalue weighted by atomic mass is 9.97. The normalized spacial score (nSPS) is 12.0. The highest BCUT2D eigenvalue weighted by molar-refractivity contribution is 7.21. The SMILES string of the molecule is C[n+]1cc(/N=C(\[O-])c2sc3nc(-c4cccc5ccccc45)cc(-c4ccccc4)c3c2N)on1. The molecule has 0 fully saturated rings. The minimum Gasteiger partial charge on any atom is -0.857 e. The highest BCUT2D eigenvalue weighted by Gasteiger charge is 2.19. The summed E-state index contributed by atoms with van der Waals surface area (Å²) in [5.74, 6) is -0.380. The average molecular weight is 478 g/mol. The van der Waals surface area contributed by atoms with E-state index in [1.807, 2.05) is 54.6 Å². The van der Waals surface area contributed by atoms with E-state index in [9.17, 15) is 5.11 Å². The van der Waals surface area contributed by atoms with Crippen molar-refractivity contribution in [3.63, 3.8) is 0 Å². The summed E-state index contributed by atoms with van der Waals surface area (Å²) in [5.41, 5.74) is 10.6. The first-order valence-corrected chi connectivity index (χ1v) is 11.8. The van der Waals surface area contributed by atoms with E-state index in [0.29, 0.717) is 15.4 Å². The van der Waals surface area contributed by atoms with Gasteiger partial charge in [-0.2, -0.15) is 0 Å². The lowest BCUT2D eigenvalue weighted by Gasteiger charge is -2.11. The number of rotatable bonds is 4. The van der Waals surface area contributed by atoms with E-state index in [1.54, 1.807) is 7.05 Å². The topological polar surface area (TPSA) is 104 Å². The number of nitrogens with zero attached hydrogens (tertiary/aromatic N) is 4. The maximum Gasteiger partial charge on any atom is 0.320 e. The standard InChI is InChI=1S/C27H19N5O2S/c1-32-15-22(34-31-32)30-26(33)25-24(28)23-20(17-8-3-2-4-9-17)14-21(29-27(23)35-25)19-13-7-11-16-10-5-6-12-18(16)19/h2-15H,1H3,(H2-,28,30,31,33). The molecule has 0 saturated carbocycles. The van der Waals surface area contributed by atoms with Gasteiger partial charge in [0.15, 0.2) is 12.3 Å². The molecule has 0 spiro atoms. The van der Waals surface area contributed by atoms with Crippen LogP contribution in [0.5, 0.6) is 0 Å². The number of pyridine rings is 1. The first kappa shape index (κ1) is 21.0. The Labute approximate surface area is 204 Å². The van der Waals surface area contributed by atoms with Crippen molar-refractivity contribution >= 4 is 49.8 Å². The van der Waals surface area contributed by atoms with Gasteiger partial charge in [-0.3, -0.25) is 4.52 Å². The molecule has 6 rings (SSSR count). The van der Waals surface area contributed by atoms with E-state index in [4.69, 9.17) is 15.2 Å². The molecule has 2 N–H and O–H groups in total. The molecule has 7 nitrogen and oxygen atoms in total. The third kappa shape index (κ3) is 3.70. The zero-order chi connectivity index (χ0) is 23.9. The van der Waals surface area contributed by atoms with E-state index in [-0.39, 0.29) is 5.88 Å². The van der Waals surface area contributed by atoms with Crippen molar-refractivity contribution in [1.82, 2.24) is 10.3 Å². The van der Waals surface area contributed by atoms with Crippen LogP contribution < -0.4 is 15.5 Å². The van der Waals surface area contributed by atoms with Crippen LogP contribution in [-0.2, 0) is 7.05 Å². The molecule has 8 heteroatoms. The van der Waals surface area contributed by atoms with E-state index in [0.717, 1.165) is 38.5 Å². The molecular weight excluding hydrogens is 458 g/mol. The smallest absolute Gasteiger partial charge is 0.320 e. The molecule has 170 valence electrons. The predicted molar refractivity (Wildman–Crippen MR) is 136 cm³/mol. The van der Waals surface area contributed by atoms with Crippen molar-refractivity contribution in [3.05, 3.63) is 89.9 Å². The molecule has 0 aliphatic rings. The monoisotopic (exact) mass is 477 g/mol. The van der Waals surface area contributed by atoms with Gasteiger partial charge in [-0.05, 0) is 28.0 Å². The van der Waals surface area contributed by atoms with Gasteiger partial charge in [0.05, 0.1) is 16.3 Å². The Kier molecular flexibility index (Phi) is 5.00. The van der Waals surface area contributed by atoms with Gasteiger partial charge >= 0.3 is 5.88 Å². The van der Waals surface area contributed by atoms with Crippen molar-refractivity contribution in [2.24, 2.45) is 12.0 Å². The van der Waals surface area contributed by atoms with Gasteiger partial charge < -0.3 is 10.8 Å². The second kappa shape index (κ2) is 8.34. The Morgan fingerprint density at radius 1 is 1.00 bits per heavy atom. The van der Waals surface area contributed by atoms with Gasteiger partial charge in [-0.1, -0.05) is 77.5 Å². The number of hydrogen-bond donors (Lipinski definition) is 1. The van der Waals surface area contributed by atoms with Gasteiger partial charge in [0, 0.05) is 16.8 Å². The Hall–Kier alpha value is -4.56. The maximum absolute atomic E-state index is 13.0. The van der Waals surface area contributed by atoms with Gasteiger partial charge in [0.1, 0.15) is 4.83 Å². The first-order valence-electron chi connectivity index (χ1n) is 10.9. The number of thiophene rings is 1. The van der Waals surface area contributed by atoms with Crippen molar-refractivity contribution in [3.8, 4) is 22.4 Å². The van der Waals surface area contributed by atoms with Gasteiger partial charge in [0.25, 0.3) is 6.20 Å². The lowest BCUT2D eigenvalue weighted by Crippen LogP contribution is -2.27. The number of nitrogen functional groups attached to an aromatic ring is 1. The zero-order valence-corrected chi connectivity index (χ0v) is 19.5. The van der Waals surface area contributed by atoms with Gasteiger partial charge in [0.2, 0.25) is 0 Å². The molecule has 0 unspecified atom stereocenters. The maximum atomic E-state index is 13.0. The van der Waals surface area contributed by atoms with Crippen molar-refractivity contribution in [1.29, 1.82) is 0 Å². The van der Waals surface area contributed by atoms with Crippen LogP contribution in [0.1, 0.15) is 4.88 Å². The fraction of sp³-hybridized carbons (Fsp3) is 0.0370. The summed E-state index contributed by atoms with van der Waals surface area (Å²) in [7, 11) is 1.69. The summed E-state index contributed by atoms with van der Waals surface area (Å²) >= 11 is 1.23. The molecule has 0 amide bonds. The van der Waals surface area contributed by atoms with Crippen molar-refractivity contribution < 1.29 is 14.3 Å². The van der Waals surface area contributed by atoms with Gasteiger partial charge in [-0.15, -0.1) is 11.3 Å². The van der Waals surface area contributed by atoms with Crippen LogP contribution in [0.3, 0.4) is 0 Å². The van der Waals surface area contributed by atoms with E-state index < -0.39 is 5.90 Å². The highest BCUT2D eigenvalue weighted by atomic mass is 32.1. The van der Waals surface area contributed by atoms with Crippen LogP contribution in [0.25, 0.3) is 43.4 Å². The Morgan fingerprint density at radius 3 is 2.57 bits per heavy atom. The molecule has 0 atom stereocenters. The molecule has 3 aromatic heterocycles. The minimum absolute atomic E-state index is 0.113. The van der Waals surface area contributed by atoms with Crippen LogP contribution in [0.15, 0.2) is 94.6 Å². The number of hydrogen-bond acceptors (Lipinski definition) is 7.